The third-order valence-electron chi connectivity index (χ3n) is 3.60. The van der Waals surface area contributed by atoms with Crippen LogP contribution in [0.5, 0.6) is 0 Å². The number of amides is 1. The summed E-state index contributed by atoms with van der Waals surface area (Å²) in [4.78, 5) is 12.0. The Morgan fingerprint density at radius 1 is 1.15 bits per heavy atom. The highest BCUT2D eigenvalue weighted by Gasteiger charge is 2.09. The molecule has 0 saturated carbocycles. The van der Waals surface area contributed by atoms with Gasteiger partial charge in [-0.3, -0.25) is 9.48 Å². The molecule has 0 aliphatic rings. The van der Waals surface area contributed by atoms with Crippen LogP contribution in [0, 0.1) is 5.82 Å². The Morgan fingerprint density at radius 2 is 1.92 bits per heavy atom. The van der Waals surface area contributed by atoms with Gasteiger partial charge in [-0.2, -0.15) is 5.10 Å². The number of hydrogen-bond acceptors (Lipinski definition) is 2. The SMILES string of the molecule is O=C(/C=C/c1ccccc1Cl)Nc1cnn(Cc2c(F)cccc2Cl)c1. The van der Waals surface area contributed by atoms with Crippen molar-refractivity contribution in [2.75, 3.05) is 5.32 Å². The van der Waals surface area contributed by atoms with Gasteiger partial charge in [0.25, 0.3) is 0 Å². The van der Waals surface area contributed by atoms with Gasteiger partial charge in [0.15, 0.2) is 0 Å². The average Bonchev–Trinajstić information content (AvgIpc) is 3.04. The first-order valence-electron chi connectivity index (χ1n) is 7.72. The number of nitrogens with one attached hydrogen (secondary N) is 1. The quantitative estimate of drug-likeness (QED) is 0.622. The van der Waals surface area contributed by atoms with Crippen LogP contribution in [-0.4, -0.2) is 15.7 Å². The molecule has 0 radical (unpaired) electrons. The molecule has 26 heavy (non-hydrogen) atoms. The van der Waals surface area contributed by atoms with Gasteiger partial charge in [-0.15, -0.1) is 0 Å². The van der Waals surface area contributed by atoms with Crippen LogP contribution in [0.4, 0.5) is 10.1 Å². The summed E-state index contributed by atoms with van der Waals surface area (Å²) in [6, 6.07) is 11.7. The molecule has 3 rings (SSSR count). The highest BCUT2D eigenvalue weighted by Crippen LogP contribution is 2.20. The van der Waals surface area contributed by atoms with Crippen LogP contribution in [0.15, 0.2) is 60.9 Å². The van der Waals surface area contributed by atoms with E-state index in [1.807, 2.05) is 18.2 Å². The number of carbonyl (C=O) groups is 1. The smallest absolute Gasteiger partial charge is 0.248 e. The highest BCUT2D eigenvalue weighted by atomic mass is 35.5. The van der Waals surface area contributed by atoms with Crippen LogP contribution in [0.25, 0.3) is 6.08 Å². The van der Waals surface area contributed by atoms with Gasteiger partial charge in [-0.05, 0) is 29.8 Å². The van der Waals surface area contributed by atoms with Crippen LogP contribution in [0.3, 0.4) is 0 Å². The van der Waals surface area contributed by atoms with Gasteiger partial charge in [0.2, 0.25) is 5.91 Å². The third kappa shape index (κ3) is 4.50. The van der Waals surface area contributed by atoms with Crippen LogP contribution in [0.2, 0.25) is 10.0 Å². The molecular weight excluding hydrogens is 376 g/mol. The molecule has 0 atom stereocenters. The summed E-state index contributed by atoms with van der Waals surface area (Å²) in [5, 5.41) is 7.69. The average molecular weight is 390 g/mol. The number of benzene rings is 2. The van der Waals surface area contributed by atoms with Crippen molar-refractivity contribution in [2.24, 2.45) is 0 Å². The zero-order valence-corrected chi connectivity index (χ0v) is 15.0. The van der Waals surface area contributed by atoms with Gasteiger partial charge in [-0.1, -0.05) is 47.5 Å². The number of rotatable bonds is 5. The van der Waals surface area contributed by atoms with Crippen LogP contribution in [0.1, 0.15) is 11.1 Å². The molecule has 0 unspecified atom stereocenters. The van der Waals surface area contributed by atoms with E-state index in [1.165, 1.54) is 23.0 Å². The molecule has 1 N–H and O–H groups in total. The van der Waals surface area contributed by atoms with Crippen molar-refractivity contribution in [3.8, 4) is 0 Å². The maximum Gasteiger partial charge on any atom is 0.248 e. The lowest BCUT2D eigenvalue weighted by molar-refractivity contribution is -0.111. The molecule has 3 aromatic rings. The Hall–Kier alpha value is -2.63. The molecule has 0 bridgehead atoms. The molecular formula is C19H14Cl2FN3O. The van der Waals surface area contributed by atoms with E-state index in [2.05, 4.69) is 10.4 Å². The zero-order valence-electron chi connectivity index (χ0n) is 13.5. The van der Waals surface area contributed by atoms with E-state index >= 15 is 0 Å². The summed E-state index contributed by atoms with van der Waals surface area (Å²) >= 11 is 12.0. The minimum absolute atomic E-state index is 0.164. The summed E-state index contributed by atoms with van der Waals surface area (Å²) in [6.07, 6.45) is 6.09. The van der Waals surface area contributed by atoms with Crippen LogP contribution < -0.4 is 5.32 Å². The van der Waals surface area contributed by atoms with Crippen molar-refractivity contribution in [3.63, 3.8) is 0 Å². The fourth-order valence-corrected chi connectivity index (χ4v) is 2.74. The Bertz CT molecular complexity index is 949. The van der Waals surface area contributed by atoms with E-state index in [0.29, 0.717) is 21.3 Å². The van der Waals surface area contributed by atoms with Crippen molar-refractivity contribution < 1.29 is 9.18 Å². The van der Waals surface area contributed by atoms with E-state index in [4.69, 9.17) is 23.2 Å². The summed E-state index contributed by atoms with van der Waals surface area (Å²) in [5.74, 6) is -0.727. The second-order valence-electron chi connectivity index (χ2n) is 5.47. The third-order valence-corrected chi connectivity index (χ3v) is 4.30. The predicted octanol–water partition coefficient (Wildman–Crippen LogP) is 5.03. The zero-order chi connectivity index (χ0) is 18.5. The molecule has 0 aliphatic heterocycles. The molecule has 1 amide bonds. The van der Waals surface area contributed by atoms with E-state index in [0.717, 1.165) is 5.56 Å². The number of halogens is 3. The van der Waals surface area contributed by atoms with Crippen molar-refractivity contribution >= 4 is 40.9 Å². The maximum atomic E-state index is 13.8. The van der Waals surface area contributed by atoms with Gasteiger partial charge in [0.05, 0.1) is 18.4 Å². The van der Waals surface area contributed by atoms with E-state index in [1.54, 1.807) is 30.5 Å². The monoisotopic (exact) mass is 389 g/mol. The van der Waals surface area contributed by atoms with Gasteiger partial charge in [0, 0.05) is 27.9 Å². The summed E-state index contributed by atoms with van der Waals surface area (Å²) in [6.45, 7) is 0.164. The number of anilines is 1. The molecule has 0 fully saturated rings. The predicted molar refractivity (Wildman–Crippen MR) is 102 cm³/mol. The van der Waals surface area contributed by atoms with Crippen LogP contribution >= 0.6 is 23.2 Å². The molecule has 1 heterocycles. The van der Waals surface area contributed by atoms with Crippen molar-refractivity contribution in [2.45, 2.75) is 6.54 Å². The minimum Gasteiger partial charge on any atom is -0.320 e. The van der Waals surface area contributed by atoms with Gasteiger partial charge >= 0.3 is 0 Å². The summed E-state index contributed by atoms with van der Waals surface area (Å²) < 4.78 is 15.3. The van der Waals surface area contributed by atoms with E-state index < -0.39 is 5.82 Å². The largest absolute Gasteiger partial charge is 0.320 e. The molecule has 0 spiro atoms. The summed E-state index contributed by atoms with van der Waals surface area (Å²) in [5.41, 5.74) is 1.58. The Kier molecular flexibility index (Phi) is 5.71. The Morgan fingerprint density at radius 3 is 2.69 bits per heavy atom. The van der Waals surface area contributed by atoms with Gasteiger partial charge in [-0.25, -0.2) is 4.39 Å². The molecule has 7 heteroatoms. The fraction of sp³-hybridized carbons (Fsp3) is 0.0526. The lowest BCUT2D eigenvalue weighted by atomic mass is 10.2. The topological polar surface area (TPSA) is 46.9 Å². The second kappa shape index (κ2) is 8.17. The lowest BCUT2D eigenvalue weighted by Crippen LogP contribution is -2.07. The lowest BCUT2D eigenvalue weighted by Gasteiger charge is -2.05. The number of hydrogen-bond donors (Lipinski definition) is 1. The molecule has 4 nitrogen and oxygen atoms in total. The molecule has 1 aromatic heterocycles. The fourth-order valence-electron chi connectivity index (χ4n) is 2.32. The summed E-state index contributed by atoms with van der Waals surface area (Å²) in [7, 11) is 0. The first-order chi connectivity index (χ1) is 12.5. The Balaban J connectivity index is 1.65. The van der Waals surface area contributed by atoms with E-state index in [-0.39, 0.29) is 12.5 Å². The van der Waals surface area contributed by atoms with Crippen molar-refractivity contribution in [1.82, 2.24) is 9.78 Å². The van der Waals surface area contributed by atoms with Crippen molar-refractivity contribution in [3.05, 3.63) is 87.9 Å². The van der Waals surface area contributed by atoms with Crippen molar-refractivity contribution in [1.29, 1.82) is 0 Å². The number of nitrogens with zero attached hydrogens (tertiary/aromatic N) is 2. The minimum atomic E-state index is -0.402. The molecule has 132 valence electrons. The maximum absolute atomic E-state index is 13.8. The number of carbonyl (C=O) groups excluding carboxylic acids is 1. The molecule has 0 aliphatic carbocycles. The normalized spacial score (nSPS) is 11.0. The van der Waals surface area contributed by atoms with Gasteiger partial charge in [0.1, 0.15) is 5.82 Å². The first kappa shape index (κ1) is 18.2. The second-order valence-corrected chi connectivity index (χ2v) is 6.29. The Labute approximate surface area is 159 Å². The van der Waals surface area contributed by atoms with Gasteiger partial charge < -0.3 is 5.32 Å². The first-order valence-corrected chi connectivity index (χ1v) is 8.47. The highest BCUT2D eigenvalue weighted by molar-refractivity contribution is 6.32. The van der Waals surface area contributed by atoms with Crippen LogP contribution in [-0.2, 0) is 11.3 Å². The standard InChI is InChI=1S/C19H14Cl2FN3O/c20-16-5-2-1-4-13(16)8-9-19(26)24-14-10-23-25(11-14)12-15-17(21)6-3-7-18(15)22/h1-11H,12H2,(H,24,26)/b9-8+. The molecule has 0 saturated heterocycles. The van der Waals surface area contributed by atoms with E-state index in [9.17, 15) is 9.18 Å². The molecule has 2 aromatic carbocycles. The number of aromatic nitrogens is 2.